The molecule has 0 spiro atoms. The van der Waals surface area contributed by atoms with Gasteiger partial charge in [-0.2, -0.15) is 0 Å². The normalized spacial score (nSPS) is 23.6. The van der Waals surface area contributed by atoms with Crippen LogP contribution in [0, 0.1) is 0 Å². The maximum Gasteiger partial charge on any atom is 0.410 e. The third-order valence-corrected chi connectivity index (χ3v) is 17.3. The van der Waals surface area contributed by atoms with Crippen LogP contribution in [0.1, 0.15) is 53.5 Å². The summed E-state index contributed by atoms with van der Waals surface area (Å²) in [6.45, 7) is 26.2. The van der Waals surface area contributed by atoms with Crippen LogP contribution < -0.4 is 0 Å². The number of rotatable bonds is 9. The van der Waals surface area contributed by atoms with Crippen LogP contribution in [0.15, 0.2) is 43.0 Å². The summed E-state index contributed by atoms with van der Waals surface area (Å²) in [5.41, 5.74) is 0.911. The lowest BCUT2D eigenvalue weighted by atomic mass is 10.1. The van der Waals surface area contributed by atoms with E-state index >= 15 is 0 Å². The van der Waals surface area contributed by atoms with Crippen LogP contribution in [-0.2, 0) is 20.2 Å². The Morgan fingerprint density at radius 3 is 2.06 bits per heavy atom. The molecule has 1 fully saturated rings. The summed E-state index contributed by atoms with van der Waals surface area (Å²) < 4.78 is 19.2. The summed E-state index contributed by atoms with van der Waals surface area (Å²) in [7, 11) is -4.38. The lowest BCUT2D eigenvalue weighted by Gasteiger charge is -2.42. The van der Waals surface area contributed by atoms with Gasteiger partial charge in [0.1, 0.15) is 12.7 Å². The maximum absolute atomic E-state index is 13.6. The second-order valence-electron chi connectivity index (χ2n) is 13.0. The Balaban J connectivity index is 2.42. The van der Waals surface area contributed by atoms with Gasteiger partial charge in [-0.3, -0.25) is 4.90 Å². The van der Waals surface area contributed by atoms with Gasteiger partial charge in [0, 0.05) is 0 Å². The van der Waals surface area contributed by atoms with Crippen molar-refractivity contribution in [2.24, 2.45) is 0 Å². The van der Waals surface area contributed by atoms with Crippen molar-refractivity contribution in [2.75, 3.05) is 6.61 Å². The molecule has 1 heterocycles. The molecule has 0 aliphatic carbocycles. The highest BCUT2D eigenvalue weighted by molar-refractivity contribution is 6.74. The average molecular weight is 536 g/mol. The predicted molar refractivity (Wildman–Crippen MR) is 152 cm³/mol. The Bertz CT molecular complexity index is 876. The molecule has 1 aliphatic heterocycles. The number of hydrogen-bond acceptors (Lipinski definition) is 5. The second-order valence-corrected chi connectivity index (χ2v) is 22.6. The van der Waals surface area contributed by atoms with Gasteiger partial charge in [-0.05, 0) is 48.2 Å². The van der Waals surface area contributed by atoms with Gasteiger partial charge in [0.2, 0.25) is 0 Å². The van der Waals surface area contributed by atoms with Crippen LogP contribution in [0.3, 0.4) is 0 Å². The van der Waals surface area contributed by atoms with Crippen molar-refractivity contribution in [1.29, 1.82) is 0 Å². The average Bonchev–Trinajstić information content (AvgIpc) is 3.01. The number of aliphatic hydroxyl groups is 1. The molecule has 6 nitrogen and oxygen atoms in total. The first-order valence-corrected chi connectivity index (χ1v) is 18.8. The van der Waals surface area contributed by atoms with E-state index in [2.05, 4.69) is 74.3 Å². The number of likely N-dealkylation sites (tertiary alicyclic amines) is 1. The van der Waals surface area contributed by atoms with Crippen LogP contribution in [0.4, 0.5) is 4.79 Å². The zero-order chi connectivity index (χ0) is 27.5. The summed E-state index contributed by atoms with van der Waals surface area (Å²) in [5, 5.41) is 11.5. The van der Waals surface area contributed by atoms with E-state index in [1.54, 1.807) is 11.0 Å². The lowest BCUT2D eigenvalue weighted by molar-refractivity contribution is 0.0265. The monoisotopic (exact) mass is 535 g/mol. The first kappa shape index (κ1) is 30.8. The van der Waals surface area contributed by atoms with E-state index in [0.717, 1.165) is 5.56 Å². The number of nitrogens with zero attached hydrogens (tertiary/aromatic N) is 1. The molecule has 1 aliphatic rings. The van der Waals surface area contributed by atoms with E-state index in [0.29, 0.717) is 13.0 Å². The van der Waals surface area contributed by atoms with Crippen molar-refractivity contribution < 1.29 is 23.5 Å². The van der Waals surface area contributed by atoms with Gasteiger partial charge in [0.15, 0.2) is 16.6 Å². The highest BCUT2D eigenvalue weighted by atomic mass is 28.4. The number of carbonyl (C=O) groups excluding carboxylic acids is 1. The summed E-state index contributed by atoms with van der Waals surface area (Å²) in [4.78, 5) is 15.2. The summed E-state index contributed by atoms with van der Waals surface area (Å²) >= 11 is 0. The number of carbonyl (C=O) groups is 1. The summed E-state index contributed by atoms with van der Waals surface area (Å²) in [6.07, 6.45) is 0.288. The van der Waals surface area contributed by atoms with Crippen molar-refractivity contribution in [3.63, 3.8) is 0 Å². The Labute approximate surface area is 221 Å². The molecule has 36 heavy (non-hydrogen) atoms. The van der Waals surface area contributed by atoms with E-state index in [1.165, 1.54) is 0 Å². The molecule has 0 saturated carbocycles. The molecule has 1 amide bonds. The molecule has 0 radical (unpaired) electrons. The molecule has 4 atom stereocenters. The summed E-state index contributed by atoms with van der Waals surface area (Å²) in [6, 6.07) is 8.66. The quantitative estimate of drug-likeness (QED) is 0.281. The van der Waals surface area contributed by atoms with Crippen LogP contribution in [-0.4, -0.2) is 63.6 Å². The summed E-state index contributed by atoms with van der Waals surface area (Å²) in [5.74, 6) is 0. The largest absolute Gasteiger partial charge is 0.445 e. The third-order valence-electron chi connectivity index (χ3n) is 8.31. The van der Waals surface area contributed by atoms with Gasteiger partial charge < -0.3 is 18.7 Å². The first-order chi connectivity index (χ1) is 16.4. The molecule has 2 rings (SSSR count). The van der Waals surface area contributed by atoms with Gasteiger partial charge in [0.25, 0.3) is 0 Å². The fraction of sp³-hybridized carbons (Fsp3) is 0.679. The highest BCUT2D eigenvalue weighted by Gasteiger charge is 2.55. The minimum absolute atomic E-state index is 0.0131. The molecular weight excluding hydrogens is 486 g/mol. The van der Waals surface area contributed by atoms with Crippen LogP contribution >= 0.6 is 0 Å². The van der Waals surface area contributed by atoms with E-state index in [4.69, 9.17) is 13.6 Å². The molecule has 0 bridgehead atoms. The number of hydrogen-bond donors (Lipinski definition) is 1. The molecule has 0 unspecified atom stereocenters. The van der Waals surface area contributed by atoms with Crippen molar-refractivity contribution in [1.82, 2.24) is 4.90 Å². The molecular formula is C28H49NO5Si2. The highest BCUT2D eigenvalue weighted by Crippen LogP contribution is 2.42. The fourth-order valence-corrected chi connectivity index (χ4v) is 6.21. The topological polar surface area (TPSA) is 68.2 Å². The molecule has 204 valence electrons. The van der Waals surface area contributed by atoms with Crippen LogP contribution in [0.5, 0.6) is 0 Å². The SMILES string of the molecule is C=CC[C@H]1[C@H](O)[C@@H](O[Si](C)(C)C(C)(C)C)[C@H](CO[Si](C)(C)C(C)(C)C)N1C(=O)OCc1ccccc1. The number of ether oxygens (including phenoxy) is 1. The fourth-order valence-electron chi connectivity index (χ4n) is 3.85. The second kappa shape index (κ2) is 11.5. The van der Waals surface area contributed by atoms with Gasteiger partial charge in [-0.25, -0.2) is 4.79 Å². The minimum Gasteiger partial charge on any atom is -0.445 e. The van der Waals surface area contributed by atoms with Gasteiger partial charge in [-0.1, -0.05) is 78.0 Å². The van der Waals surface area contributed by atoms with Crippen LogP contribution in [0.25, 0.3) is 0 Å². The molecule has 0 aromatic heterocycles. The molecule has 8 heteroatoms. The lowest BCUT2D eigenvalue weighted by Crippen LogP contribution is -2.53. The molecule has 1 saturated heterocycles. The van der Waals surface area contributed by atoms with Crippen molar-refractivity contribution in [3.8, 4) is 0 Å². The predicted octanol–water partition coefficient (Wildman–Crippen LogP) is 6.73. The zero-order valence-electron chi connectivity index (χ0n) is 24.1. The third kappa shape index (κ3) is 7.10. The van der Waals surface area contributed by atoms with Gasteiger partial charge in [-0.15, -0.1) is 6.58 Å². The standard InChI is InChI=1S/C28H49NO5Si2/c1-12-16-22-24(30)25(34-36(10,11)28(5,6)7)23(20-33-35(8,9)27(2,3)4)29(22)26(31)32-19-21-17-14-13-15-18-21/h12-15,17-18,22-25,30H,1,16,19-20H2,2-11H3/t22-,23-,24-,25-/m0/s1. The smallest absolute Gasteiger partial charge is 0.410 e. The zero-order valence-corrected chi connectivity index (χ0v) is 26.1. The Hall–Kier alpha value is -1.46. The van der Waals surface area contributed by atoms with Crippen molar-refractivity contribution >= 4 is 22.7 Å². The number of benzene rings is 1. The Kier molecular flexibility index (Phi) is 9.84. The molecule has 1 N–H and O–H groups in total. The first-order valence-electron chi connectivity index (χ1n) is 13.0. The molecule has 1 aromatic carbocycles. The number of aliphatic hydroxyl groups excluding tert-OH is 1. The van der Waals surface area contributed by atoms with E-state index in [9.17, 15) is 9.90 Å². The van der Waals surface area contributed by atoms with E-state index in [1.807, 2.05) is 30.3 Å². The maximum atomic E-state index is 13.6. The minimum atomic E-state index is -2.26. The Morgan fingerprint density at radius 2 is 1.56 bits per heavy atom. The van der Waals surface area contributed by atoms with E-state index in [-0.39, 0.29) is 16.7 Å². The van der Waals surface area contributed by atoms with Gasteiger partial charge >= 0.3 is 6.09 Å². The van der Waals surface area contributed by atoms with Gasteiger partial charge in [0.05, 0.1) is 24.8 Å². The van der Waals surface area contributed by atoms with Crippen molar-refractivity contribution in [3.05, 3.63) is 48.6 Å². The Morgan fingerprint density at radius 1 is 1.00 bits per heavy atom. The van der Waals surface area contributed by atoms with Crippen LogP contribution in [0.2, 0.25) is 36.3 Å². The van der Waals surface area contributed by atoms with E-state index < -0.39 is 47.0 Å². The van der Waals surface area contributed by atoms with Crippen molar-refractivity contribution in [2.45, 2.75) is 115 Å². The number of amides is 1. The molecule has 1 aromatic rings.